The number of rotatable bonds is 14. The van der Waals surface area contributed by atoms with Gasteiger partial charge in [0.2, 0.25) is 0 Å². The van der Waals surface area contributed by atoms with Gasteiger partial charge >= 0.3 is 6.09 Å². The van der Waals surface area contributed by atoms with E-state index < -0.39 is 17.2 Å². The Hall–Kier alpha value is -2.42. The quantitative estimate of drug-likeness (QED) is 0.198. The van der Waals surface area contributed by atoms with Crippen LogP contribution in [0.1, 0.15) is 59.4 Å². The fourth-order valence-corrected chi connectivity index (χ4v) is 5.00. The summed E-state index contributed by atoms with van der Waals surface area (Å²) in [5.41, 5.74) is -0.794. The Kier molecular flexibility index (Phi) is 12.1. The van der Waals surface area contributed by atoms with Crippen molar-refractivity contribution in [3.05, 3.63) is 47.0 Å². The van der Waals surface area contributed by atoms with E-state index in [1.807, 2.05) is 50.2 Å². The fourth-order valence-electron chi connectivity index (χ4n) is 3.70. The van der Waals surface area contributed by atoms with Crippen molar-refractivity contribution in [3.63, 3.8) is 0 Å². The van der Waals surface area contributed by atoms with Crippen molar-refractivity contribution in [3.8, 4) is 11.5 Å². The Balaban J connectivity index is 2.18. The van der Waals surface area contributed by atoms with Crippen LogP contribution in [-0.2, 0) is 20.7 Å². The van der Waals surface area contributed by atoms with Crippen molar-refractivity contribution in [2.24, 2.45) is 0 Å². The summed E-state index contributed by atoms with van der Waals surface area (Å²) in [6, 6.07) is 11.4. The van der Waals surface area contributed by atoms with Gasteiger partial charge in [-0.25, -0.2) is 4.79 Å². The lowest BCUT2D eigenvalue weighted by Gasteiger charge is -2.31. The number of benzene rings is 2. The molecule has 0 bridgehead atoms. The third-order valence-electron chi connectivity index (χ3n) is 5.32. The predicted octanol–water partition coefficient (Wildman–Crippen LogP) is 7.07. The van der Waals surface area contributed by atoms with Crippen LogP contribution >= 0.6 is 23.4 Å². The van der Waals surface area contributed by atoms with Crippen LogP contribution in [0.3, 0.4) is 0 Å². The zero-order valence-corrected chi connectivity index (χ0v) is 24.1. The molecule has 0 heterocycles. The van der Waals surface area contributed by atoms with Crippen molar-refractivity contribution in [2.75, 3.05) is 20.5 Å². The van der Waals surface area contributed by atoms with Gasteiger partial charge < -0.3 is 29.1 Å². The first kappa shape index (κ1) is 30.8. The molecular formula is C28H38ClNO6S. The van der Waals surface area contributed by atoms with Gasteiger partial charge in [-0.15, -0.1) is 0 Å². The van der Waals surface area contributed by atoms with Crippen LogP contribution < -0.4 is 14.8 Å². The highest BCUT2D eigenvalue weighted by molar-refractivity contribution is 7.99. The molecule has 1 atom stereocenters. The smallest absolute Gasteiger partial charge is 0.408 e. The molecule has 0 aliphatic heterocycles. The number of ether oxygens (including phenoxy) is 4. The zero-order valence-electron chi connectivity index (χ0n) is 22.5. The molecule has 0 saturated heterocycles. The van der Waals surface area contributed by atoms with Crippen LogP contribution in [0.15, 0.2) is 46.2 Å². The molecule has 7 nitrogen and oxygen atoms in total. The van der Waals surface area contributed by atoms with Gasteiger partial charge in [0, 0.05) is 17.0 Å². The van der Waals surface area contributed by atoms with Gasteiger partial charge in [-0.05, 0) is 82.9 Å². The summed E-state index contributed by atoms with van der Waals surface area (Å²) >= 11 is 8.16. The fraction of sp³-hybridized carbons (Fsp3) is 0.500. The number of aldehydes is 1. The largest absolute Gasteiger partial charge is 0.494 e. The second-order valence-electron chi connectivity index (χ2n) is 9.60. The van der Waals surface area contributed by atoms with Crippen molar-refractivity contribution in [1.82, 2.24) is 5.32 Å². The molecule has 0 aliphatic carbocycles. The second-order valence-corrected chi connectivity index (χ2v) is 11.1. The molecular weight excluding hydrogens is 514 g/mol. The molecule has 2 aromatic rings. The highest BCUT2D eigenvalue weighted by Gasteiger charge is 2.32. The van der Waals surface area contributed by atoms with Gasteiger partial charge in [0.05, 0.1) is 17.0 Å². The first-order chi connectivity index (χ1) is 17.5. The summed E-state index contributed by atoms with van der Waals surface area (Å²) in [4.78, 5) is 26.3. The lowest BCUT2D eigenvalue weighted by atomic mass is 9.88. The summed E-state index contributed by atoms with van der Waals surface area (Å²) in [5, 5.41) is 3.38. The van der Waals surface area contributed by atoms with Crippen molar-refractivity contribution in [1.29, 1.82) is 0 Å². The third-order valence-corrected chi connectivity index (χ3v) is 6.70. The number of carbonyl (C=O) groups is 2. The number of nitrogens with one attached hydrogen (secondary N) is 1. The van der Waals surface area contributed by atoms with E-state index in [0.717, 1.165) is 33.8 Å². The first-order valence-corrected chi connectivity index (χ1v) is 13.6. The van der Waals surface area contributed by atoms with Crippen molar-refractivity contribution >= 4 is 35.7 Å². The van der Waals surface area contributed by atoms with Crippen LogP contribution in [0, 0.1) is 0 Å². The summed E-state index contributed by atoms with van der Waals surface area (Å²) in [6.07, 6.45) is 2.35. The van der Waals surface area contributed by atoms with E-state index in [4.69, 9.17) is 30.5 Å². The number of halogens is 1. The molecule has 9 heteroatoms. The number of amides is 1. The summed E-state index contributed by atoms with van der Waals surface area (Å²) in [7, 11) is 1.57. The zero-order chi connectivity index (χ0) is 27.5. The number of carbonyl (C=O) groups excluding carboxylic acids is 2. The topological polar surface area (TPSA) is 83.1 Å². The van der Waals surface area contributed by atoms with Crippen LogP contribution in [-0.4, -0.2) is 44.0 Å². The standard InChI is InChI=1S/C28H38ClNO6S/c1-7-14-28(18-31,30-26(32)36-27(3,4)5)15-13-20-9-11-22(17-23(20)29)37-25-16-21(34-8-2)10-12-24(25)35-19-33-6/h9-12,16-18H,7-8,13-15,19H2,1-6H3,(H,30,32)/t28-/m0/s1. The molecule has 2 rings (SSSR count). The molecule has 1 N–H and O–H groups in total. The number of methoxy groups -OCH3 is 1. The molecule has 1 amide bonds. The Labute approximate surface area is 229 Å². The van der Waals surface area contributed by atoms with E-state index in [0.29, 0.717) is 36.6 Å². The van der Waals surface area contributed by atoms with Crippen LogP contribution in [0.4, 0.5) is 4.79 Å². The summed E-state index contributed by atoms with van der Waals surface area (Å²) in [5.74, 6) is 1.43. The SMILES string of the molecule is CCC[C@@](C=O)(CCc1ccc(Sc2cc(OCC)ccc2OCOC)cc1Cl)NC(=O)OC(C)(C)C. The maximum absolute atomic E-state index is 12.4. The van der Waals surface area contributed by atoms with Crippen LogP contribution in [0.2, 0.25) is 5.02 Å². The average molecular weight is 552 g/mol. The van der Waals surface area contributed by atoms with E-state index in [9.17, 15) is 9.59 Å². The molecule has 2 aromatic carbocycles. The molecule has 37 heavy (non-hydrogen) atoms. The van der Waals surface area contributed by atoms with E-state index in [1.54, 1.807) is 27.9 Å². The van der Waals surface area contributed by atoms with Crippen molar-refractivity contribution < 1.29 is 28.5 Å². The number of hydrogen-bond donors (Lipinski definition) is 1. The third kappa shape index (κ3) is 10.1. The monoisotopic (exact) mass is 551 g/mol. The summed E-state index contributed by atoms with van der Waals surface area (Å²) in [6.45, 7) is 9.96. The Morgan fingerprint density at radius 2 is 1.84 bits per heavy atom. The maximum atomic E-state index is 12.4. The lowest BCUT2D eigenvalue weighted by Crippen LogP contribution is -2.51. The van der Waals surface area contributed by atoms with E-state index in [-0.39, 0.29) is 6.79 Å². The molecule has 0 fully saturated rings. The highest BCUT2D eigenvalue weighted by atomic mass is 35.5. The Morgan fingerprint density at radius 1 is 1.08 bits per heavy atom. The minimum atomic E-state index is -1.03. The van der Waals surface area contributed by atoms with E-state index >= 15 is 0 Å². The Morgan fingerprint density at radius 3 is 2.43 bits per heavy atom. The second kappa shape index (κ2) is 14.5. The first-order valence-electron chi connectivity index (χ1n) is 12.4. The number of hydrogen-bond acceptors (Lipinski definition) is 7. The van der Waals surface area contributed by atoms with Gasteiger partial charge in [-0.3, -0.25) is 0 Å². The molecule has 0 unspecified atom stereocenters. The molecule has 204 valence electrons. The highest BCUT2D eigenvalue weighted by Crippen LogP contribution is 2.39. The van der Waals surface area contributed by atoms with Gasteiger partial charge in [-0.2, -0.15) is 0 Å². The predicted molar refractivity (Wildman–Crippen MR) is 147 cm³/mol. The van der Waals surface area contributed by atoms with E-state index in [2.05, 4.69) is 5.32 Å². The average Bonchev–Trinajstić information content (AvgIpc) is 2.82. The van der Waals surface area contributed by atoms with Gasteiger partial charge in [0.25, 0.3) is 0 Å². The minimum Gasteiger partial charge on any atom is -0.494 e. The number of alkyl carbamates (subject to hydrolysis) is 1. The molecule has 0 aliphatic rings. The minimum absolute atomic E-state index is 0.134. The molecule has 0 spiro atoms. The van der Waals surface area contributed by atoms with Crippen molar-refractivity contribution in [2.45, 2.75) is 81.2 Å². The molecule has 0 aromatic heterocycles. The maximum Gasteiger partial charge on any atom is 0.408 e. The van der Waals surface area contributed by atoms with Gasteiger partial charge in [0.15, 0.2) is 6.79 Å². The van der Waals surface area contributed by atoms with Crippen LogP contribution in [0.5, 0.6) is 11.5 Å². The summed E-state index contributed by atoms with van der Waals surface area (Å²) < 4.78 is 21.8. The normalized spacial score (nSPS) is 12.9. The van der Waals surface area contributed by atoms with Crippen LogP contribution in [0.25, 0.3) is 0 Å². The van der Waals surface area contributed by atoms with Gasteiger partial charge in [-0.1, -0.05) is 42.8 Å². The molecule has 0 saturated carbocycles. The number of aryl methyl sites for hydroxylation is 1. The lowest BCUT2D eigenvalue weighted by molar-refractivity contribution is -0.114. The Bertz CT molecular complexity index is 1040. The molecule has 0 radical (unpaired) electrons. The van der Waals surface area contributed by atoms with E-state index in [1.165, 1.54) is 11.8 Å². The van der Waals surface area contributed by atoms with Gasteiger partial charge in [0.1, 0.15) is 23.4 Å².